The van der Waals surface area contributed by atoms with E-state index in [9.17, 15) is 35.5 Å². The van der Waals surface area contributed by atoms with Crippen LogP contribution in [0.1, 0.15) is 38.8 Å². The molecule has 2 aromatic rings. The Morgan fingerprint density at radius 1 is 0.694 bits per heavy atom. The molecule has 2 rings (SSSR count). The van der Waals surface area contributed by atoms with Gasteiger partial charge in [-0.1, -0.05) is 24.3 Å². The molecule has 36 heavy (non-hydrogen) atoms. The topological polar surface area (TPSA) is 191 Å². The molecule has 4 amide bonds. The van der Waals surface area contributed by atoms with Crippen molar-refractivity contribution in [1.29, 1.82) is 0 Å². The summed E-state index contributed by atoms with van der Waals surface area (Å²) in [6, 6.07) is 5.95. The molecule has 0 atom stereocenters. The van der Waals surface area contributed by atoms with Gasteiger partial charge in [-0.25, -0.2) is 9.59 Å². The Hall–Kier alpha value is -3.46. The van der Waals surface area contributed by atoms with Crippen molar-refractivity contribution in [3.8, 4) is 0 Å². The summed E-state index contributed by atoms with van der Waals surface area (Å²) < 4.78 is 67.1. The molecule has 0 unspecified atom stereocenters. The molecule has 14 heteroatoms. The van der Waals surface area contributed by atoms with Gasteiger partial charge in [0.05, 0.1) is 0 Å². The summed E-state index contributed by atoms with van der Waals surface area (Å²) in [6.07, 6.45) is 2.42. The van der Waals surface area contributed by atoms with Crippen molar-refractivity contribution in [3.05, 3.63) is 47.5 Å². The van der Waals surface area contributed by atoms with E-state index < -0.39 is 42.1 Å². The number of nitrogens with one attached hydrogen (secondary N) is 4. The lowest BCUT2D eigenvalue weighted by molar-refractivity contribution is 0.249. The van der Waals surface area contributed by atoms with E-state index in [-0.39, 0.29) is 34.6 Å². The molecule has 0 fully saturated rings. The highest BCUT2D eigenvalue weighted by atomic mass is 32.2. The van der Waals surface area contributed by atoms with Gasteiger partial charge in [0.25, 0.3) is 20.2 Å². The number of rotatable bonds is 8. The Balaban J connectivity index is 2.44. The summed E-state index contributed by atoms with van der Waals surface area (Å²) in [5.41, 5.74) is 0.137. The van der Waals surface area contributed by atoms with Crippen LogP contribution in [0.5, 0.6) is 0 Å². The number of hydrogen-bond acceptors (Lipinski definition) is 6. The normalized spacial score (nSPS) is 12.1. The summed E-state index contributed by atoms with van der Waals surface area (Å²) in [6.45, 7) is 6.95. The maximum atomic E-state index is 11.9. The molecule has 0 aliphatic rings. The zero-order chi connectivity index (χ0) is 27.3. The standard InChI is InChI=1S/C22H28N4O8S2/c1-13(2)23-21(27)25-17-9-7-15(19(11-17)35(29,30)31)5-6-16-8-10-18(12-20(16)36(32,33)34)26-22(28)24-14(3)4/h5-14H,1-4H3,(H2,23,25,27)(H2,24,26,28)(H,29,30,31)(H,32,33,34). The largest absolute Gasteiger partial charge is 0.336 e. The molecule has 12 nitrogen and oxygen atoms in total. The fourth-order valence-electron chi connectivity index (χ4n) is 2.98. The molecular weight excluding hydrogens is 512 g/mol. The lowest BCUT2D eigenvalue weighted by Crippen LogP contribution is -2.34. The molecule has 0 aliphatic heterocycles. The Labute approximate surface area is 209 Å². The maximum Gasteiger partial charge on any atom is 0.319 e. The van der Waals surface area contributed by atoms with Crippen LogP contribution in [0.4, 0.5) is 21.0 Å². The number of carbonyl (C=O) groups excluding carboxylic acids is 2. The van der Waals surface area contributed by atoms with Crippen LogP contribution < -0.4 is 21.3 Å². The van der Waals surface area contributed by atoms with Gasteiger partial charge in [0, 0.05) is 23.5 Å². The zero-order valence-electron chi connectivity index (χ0n) is 19.9. The number of benzene rings is 2. The summed E-state index contributed by atoms with van der Waals surface area (Å²) >= 11 is 0. The summed E-state index contributed by atoms with van der Waals surface area (Å²) in [7, 11) is -9.47. The quantitative estimate of drug-likeness (QED) is 0.217. The first kappa shape index (κ1) is 28.8. The summed E-state index contributed by atoms with van der Waals surface area (Å²) in [4.78, 5) is 22.7. The minimum absolute atomic E-state index is 0.0212. The molecule has 0 aliphatic carbocycles. The highest BCUT2D eigenvalue weighted by molar-refractivity contribution is 7.86. The first-order valence-corrected chi connectivity index (χ1v) is 13.5. The van der Waals surface area contributed by atoms with Gasteiger partial charge in [0.1, 0.15) is 9.79 Å². The van der Waals surface area contributed by atoms with Crippen molar-refractivity contribution in [2.45, 2.75) is 49.6 Å². The number of carbonyl (C=O) groups is 2. The number of hydrogen-bond donors (Lipinski definition) is 6. The van der Waals surface area contributed by atoms with Crippen LogP contribution in [0.25, 0.3) is 12.2 Å². The Morgan fingerprint density at radius 3 is 1.31 bits per heavy atom. The molecule has 0 aromatic heterocycles. The van der Waals surface area contributed by atoms with Crippen LogP contribution >= 0.6 is 0 Å². The third kappa shape index (κ3) is 8.64. The van der Waals surface area contributed by atoms with E-state index in [1.54, 1.807) is 27.7 Å². The Morgan fingerprint density at radius 2 is 1.03 bits per heavy atom. The van der Waals surface area contributed by atoms with Gasteiger partial charge in [-0.15, -0.1) is 0 Å². The smallest absolute Gasteiger partial charge is 0.319 e. The lowest BCUT2D eigenvalue weighted by atomic mass is 10.1. The molecule has 0 heterocycles. The van der Waals surface area contributed by atoms with Crippen LogP contribution in [-0.2, 0) is 20.2 Å². The van der Waals surface area contributed by atoms with Gasteiger partial charge >= 0.3 is 12.1 Å². The lowest BCUT2D eigenvalue weighted by Gasteiger charge is -2.12. The third-order valence-corrected chi connectivity index (χ3v) is 6.20. The second kappa shape index (κ2) is 11.5. The van der Waals surface area contributed by atoms with Gasteiger partial charge < -0.3 is 21.3 Å². The average Bonchev–Trinajstić information content (AvgIpc) is 2.70. The van der Waals surface area contributed by atoms with Crippen molar-refractivity contribution < 1.29 is 35.5 Å². The first-order chi connectivity index (χ1) is 16.6. The molecular formula is C22H28N4O8S2. The van der Waals surface area contributed by atoms with Gasteiger partial charge in [-0.3, -0.25) is 9.11 Å². The van der Waals surface area contributed by atoms with E-state index in [0.717, 1.165) is 12.1 Å². The van der Waals surface area contributed by atoms with Crippen molar-refractivity contribution in [2.75, 3.05) is 10.6 Å². The van der Waals surface area contributed by atoms with E-state index in [4.69, 9.17) is 0 Å². The minimum atomic E-state index is -4.73. The Bertz CT molecular complexity index is 1280. The number of anilines is 2. The van der Waals surface area contributed by atoms with Gasteiger partial charge in [-0.2, -0.15) is 16.8 Å². The highest BCUT2D eigenvalue weighted by Crippen LogP contribution is 2.26. The van der Waals surface area contributed by atoms with E-state index in [1.165, 1.54) is 36.4 Å². The maximum absolute atomic E-state index is 11.9. The van der Waals surface area contributed by atoms with E-state index in [1.807, 2.05) is 0 Å². The zero-order valence-corrected chi connectivity index (χ0v) is 21.6. The highest BCUT2D eigenvalue weighted by Gasteiger charge is 2.18. The third-order valence-electron chi connectivity index (χ3n) is 4.38. The molecule has 0 spiro atoms. The van der Waals surface area contributed by atoms with Crippen molar-refractivity contribution in [2.24, 2.45) is 0 Å². The predicted octanol–water partition coefficient (Wildman–Crippen LogP) is 3.41. The SMILES string of the molecule is CC(C)NC(=O)Nc1ccc(C=Cc2ccc(NC(=O)NC(C)C)cc2S(=O)(=O)O)c(S(=O)(=O)O)c1. The van der Waals surface area contributed by atoms with Crippen LogP contribution in [0.2, 0.25) is 0 Å². The molecule has 196 valence electrons. The minimum Gasteiger partial charge on any atom is -0.336 e. The molecule has 2 aromatic carbocycles. The molecule has 0 bridgehead atoms. The molecule has 0 radical (unpaired) electrons. The fraction of sp³-hybridized carbons (Fsp3) is 0.273. The van der Waals surface area contributed by atoms with Gasteiger partial charge in [0.2, 0.25) is 0 Å². The molecule has 0 saturated heterocycles. The predicted molar refractivity (Wildman–Crippen MR) is 136 cm³/mol. The monoisotopic (exact) mass is 540 g/mol. The average molecular weight is 541 g/mol. The number of amides is 4. The first-order valence-electron chi connectivity index (χ1n) is 10.6. The van der Waals surface area contributed by atoms with Crippen molar-refractivity contribution >= 4 is 55.8 Å². The summed E-state index contributed by atoms with van der Waals surface area (Å²) in [5.74, 6) is 0. The van der Waals surface area contributed by atoms with E-state index >= 15 is 0 Å². The van der Waals surface area contributed by atoms with Gasteiger partial charge in [-0.05, 0) is 63.1 Å². The molecule has 0 saturated carbocycles. The van der Waals surface area contributed by atoms with E-state index in [0.29, 0.717) is 0 Å². The second-order valence-corrected chi connectivity index (χ2v) is 11.1. The van der Waals surface area contributed by atoms with Crippen LogP contribution in [-0.4, -0.2) is 50.1 Å². The fourth-order valence-corrected chi connectivity index (χ4v) is 4.40. The molecule has 6 N–H and O–H groups in total. The number of urea groups is 2. The van der Waals surface area contributed by atoms with Gasteiger partial charge in [0.15, 0.2) is 0 Å². The second-order valence-electron chi connectivity index (χ2n) is 8.30. The van der Waals surface area contributed by atoms with Crippen LogP contribution in [0.3, 0.4) is 0 Å². The van der Waals surface area contributed by atoms with Crippen LogP contribution in [0.15, 0.2) is 46.2 Å². The van der Waals surface area contributed by atoms with Crippen molar-refractivity contribution in [1.82, 2.24) is 10.6 Å². The summed E-state index contributed by atoms with van der Waals surface area (Å²) in [5, 5.41) is 10.0. The van der Waals surface area contributed by atoms with Crippen LogP contribution in [0, 0.1) is 0 Å². The van der Waals surface area contributed by atoms with E-state index in [2.05, 4.69) is 21.3 Å². The van der Waals surface area contributed by atoms with Crippen molar-refractivity contribution in [3.63, 3.8) is 0 Å². The Kier molecular flexibility index (Phi) is 9.21.